The van der Waals surface area contributed by atoms with E-state index in [4.69, 9.17) is 5.73 Å². The Bertz CT molecular complexity index is 466. The number of rotatable bonds is 0. The van der Waals surface area contributed by atoms with Crippen molar-refractivity contribution in [3.63, 3.8) is 0 Å². The highest BCUT2D eigenvalue weighted by molar-refractivity contribution is 7.27. The van der Waals surface area contributed by atoms with E-state index in [2.05, 4.69) is 33.3 Å². The van der Waals surface area contributed by atoms with Crippen molar-refractivity contribution in [2.75, 3.05) is 5.73 Å². The highest BCUT2D eigenvalue weighted by atomic mass is 31.0. The van der Waals surface area contributed by atoms with Crippen molar-refractivity contribution in [1.29, 1.82) is 0 Å². The average Bonchev–Trinajstić information content (AvgIpc) is 2.09. The zero-order valence-electron chi connectivity index (χ0n) is 7.41. The molecule has 0 aliphatic carbocycles. The molecule has 0 saturated carbocycles. The highest BCUT2D eigenvalue weighted by Gasteiger charge is 2.00. The maximum absolute atomic E-state index is 5.76. The van der Waals surface area contributed by atoms with Crippen LogP contribution in [0.15, 0.2) is 24.4 Å². The maximum Gasteiger partial charge on any atom is 0.131 e. The highest BCUT2D eigenvalue weighted by Crippen LogP contribution is 2.19. The lowest BCUT2D eigenvalue weighted by Gasteiger charge is -2.04. The van der Waals surface area contributed by atoms with Gasteiger partial charge >= 0.3 is 0 Å². The first kappa shape index (κ1) is 8.46. The molecule has 66 valence electrons. The van der Waals surface area contributed by atoms with E-state index in [-0.39, 0.29) is 0 Å². The van der Waals surface area contributed by atoms with Gasteiger partial charge in [-0.15, -0.1) is 9.24 Å². The lowest BCUT2D eigenvalue weighted by Crippen LogP contribution is -1.98. The second-order valence-corrected chi connectivity index (χ2v) is 3.75. The van der Waals surface area contributed by atoms with Gasteiger partial charge in [0.2, 0.25) is 0 Å². The lowest BCUT2D eigenvalue weighted by atomic mass is 10.1. The first-order chi connectivity index (χ1) is 6.18. The zero-order valence-corrected chi connectivity index (χ0v) is 8.57. The molecular formula is C10H11N2P. The van der Waals surface area contributed by atoms with Crippen LogP contribution in [0.1, 0.15) is 5.56 Å². The second-order valence-electron chi connectivity index (χ2n) is 3.13. The van der Waals surface area contributed by atoms with Gasteiger partial charge in [-0.2, -0.15) is 0 Å². The second kappa shape index (κ2) is 2.97. The summed E-state index contributed by atoms with van der Waals surface area (Å²) in [6, 6.07) is 6.14. The molecule has 2 rings (SSSR count). The average molecular weight is 190 g/mol. The van der Waals surface area contributed by atoms with Crippen molar-refractivity contribution in [1.82, 2.24) is 4.98 Å². The number of nitrogens with two attached hydrogens (primary N) is 1. The molecule has 0 amide bonds. The van der Waals surface area contributed by atoms with Gasteiger partial charge in [-0.1, -0.05) is 0 Å². The minimum absolute atomic E-state index is 0.602. The summed E-state index contributed by atoms with van der Waals surface area (Å²) in [5, 5.41) is 3.38. The Balaban J connectivity index is 2.89. The van der Waals surface area contributed by atoms with E-state index in [1.54, 1.807) is 6.20 Å². The van der Waals surface area contributed by atoms with Crippen LogP contribution in [-0.2, 0) is 0 Å². The monoisotopic (exact) mass is 190 g/mol. The Labute approximate surface area is 79.4 Å². The van der Waals surface area contributed by atoms with Crippen molar-refractivity contribution < 1.29 is 0 Å². The molecule has 0 saturated heterocycles. The number of pyridine rings is 1. The van der Waals surface area contributed by atoms with Crippen LogP contribution in [0.4, 0.5) is 5.82 Å². The van der Waals surface area contributed by atoms with Crippen molar-refractivity contribution in [3.8, 4) is 0 Å². The normalized spacial score (nSPS) is 10.6. The van der Waals surface area contributed by atoms with E-state index >= 15 is 0 Å². The van der Waals surface area contributed by atoms with Crippen LogP contribution in [0.3, 0.4) is 0 Å². The van der Waals surface area contributed by atoms with Crippen molar-refractivity contribution in [2.45, 2.75) is 6.92 Å². The minimum Gasteiger partial charge on any atom is -0.383 e. The smallest absolute Gasteiger partial charge is 0.131 e. The quantitative estimate of drug-likeness (QED) is 0.641. The Morgan fingerprint density at radius 2 is 2.15 bits per heavy atom. The molecule has 1 unspecified atom stereocenters. The van der Waals surface area contributed by atoms with Crippen LogP contribution in [0.25, 0.3) is 10.8 Å². The SMILES string of the molecule is Cc1cc2c(N)nccc2cc1P. The summed E-state index contributed by atoms with van der Waals surface area (Å²) in [5.41, 5.74) is 6.98. The summed E-state index contributed by atoms with van der Waals surface area (Å²) in [6.45, 7) is 2.06. The fourth-order valence-corrected chi connectivity index (χ4v) is 1.63. The molecular weight excluding hydrogens is 179 g/mol. The fourth-order valence-electron chi connectivity index (χ4n) is 1.37. The number of nitrogen functional groups attached to an aromatic ring is 1. The van der Waals surface area contributed by atoms with E-state index in [0.29, 0.717) is 5.82 Å². The molecule has 1 heterocycles. The first-order valence-electron chi connectivity index (χ1n) is 4.09. The molecule has 0 aliphatic heterocycles. The van der Waals surface area contributed by atoms with Crippen molar-refractivity contribution >= 4 is 31.1 Å². The number of anilines is 1. The van der Waals surface area contributed by atoms with Gasteiger partial charge in [0.05, 0.1) is 0 Å². The Kier molecular flexibility index (Phi) is 1.93. The van der Waals surface area contributed by atoms with Crippen LogP contribution < -0.4 is 11.0 Å². The molecule has 2 N–H and O–H groups in total. The molecule has 2 nitrogen and oxygen atoms in total. The van der Waals surface area contributed by atoms with Crippen LogP contribution in [0.2, 0.25) is 0 Å². The zero-order chi connectivity index (χ0) is 9.42. The third-order valence-corrected chi connectivity index (χ3v) is 2.80. The predicted molar refractivity (Wildman–Crippen MR) is 60.2 cm³/mol. The Hall–Kier alpha value is -1.14. The molecule has 0 spiro atoms. The van der Waals surface area contributed by atoms with Crippen molar-refractivity contribution in [3.05, 3.63) is 30.0 Å². The number of hydrogen-bond acceptors (Lipinski definition) is 2. The molecule has 1 aromatic carbocycles. The van der Waals surface area contributed by atoms with E-state index < -0.39 is 0 Å². The number of nitrogens with zero attached hydrogens (tertiary/aromatic N) is 1. The molecule has 3 heteroatoms. The molecule has 0 aliphatic rings. The Morgan fingerprint density at radius 3 is 2.92 bits per heavy atom. The lowest BCUT2D eigenvalue weighted by molar-refractivity contribution is 1.37. The maximum atomic E-state index is 5.76. The molecule has 0 radical (unpaired) electrons. The van der Waals surface area contributed by atoms with Crippen LogP contribution in [-0.4, -0.2) is 4.98 Å². The first-order valence-corrected chi connectivity index (χ1v) is 4.66. The number of fused-ring (bicyclic) bond motifs is 1. The molecule has 0 bridgehead atoms. The van der Waals surface area contributed by atoms with Gasteiger partial charge in [0.1, 0.15) is 5.82 Å². The summed E-state index contributed by atoms with van der Waals surface area (Å²) >= 11 is 0. The number of benzene rings is 1. The third-order valence-electron chi connectivity index (χ3n) is 2.18. The largest absolute Gasteiger partial charge is 0.383 e. The summed E-state index contributed by atoms with van der Waals surface area (Å²) < 4.78 is 0. The van der Waals surface area contributed by atoms with Gasteiger partial charge < -0.3 is 5.73 Å². The van der Waals surface area contributed by atoms with Gasteiger partial charge in [0.25, 0.3) is 0 Å². The van der Waals surface area contributed by atoms with Gasteiger partial charge in [-0.25, -0.2) is 4.98 Å². The standard InChI is InChI=1S/C10H11N2P/c1-6-4-8-7(5-9(6)13)2-3-12-10(8)11/h2-5H,13H2,1H3,(H2,11,12). The van der Waals surface area contributed by atoms with E-state index in [9.17, 15) is 0 Å². The van der Waals surface area contributed by atoms with Gasteiger partial charge in [0, 0.05) is 11.6 Å². The van der Waals surface area contributed by atoms with Gasteiger partial charge in [0.15, 0.2) is 0 Å². The molecule has 0 fully saturated rings. The molecule has 2 aromatic rings. The number of aromatic nitrogens is 1. The summed E-state index contributed by atoms with van der Waals surface area (Å²) in [7, 11) is 2.71. The minimum atomic E-state index is 0.602. The summed E-state index contributed by atoms with van der Waals surface area (Å²) in [5.74, 6) is 0.602. The molecule has 1 atom stereocenters. The van der Waals surface area contributed by atoms with E-state index in [1.807, 2.05) is 6.07 Å². The molecule has 13 heavy (non-hydrogen) atoms. The van der Waals surface area contributed by atoms with Crippen LogP contribution >= 0.6 is 9.24 Å². The number of aryl methyl sites for hydroxylation is 1. The topological polar surface area (TPSA) is 38.9 Å². The van der Waals surface area contributed by atoms with E-state index in [0.717, 1.165) is 10.8 Å². The fraction of sp³-hybridized carbons (Fsp3) is 0.100. The molecule has 1 aromatic heterocycles. The Morgan fingerprint density at radius 1 is 1.38 bits per heavy atom. The summed E-state index contributed by atoms with van der Waals surface area (Å²) in [4.78, 5) is 4.05. The van der Waals surface area contributed by atoms with Crippen LogP contribution in [0, 0.1) is 6.92 Å². The van der Waals surface area contributed by atoms with Crippen molar-refractivity contribution in [2.24, 2.45) is 0 Å². The van der Waals surface area contributed by atoms with E-state index in [1.165, 1.54) is 10.9 Å². The van der Waals surface area contributed by atoms with Gasteiger partial charge in [-0.3, -0.25) is 0 Å². The predicted octanol–water partition coefficient (Wildman–Crippen LogP) is 1.63. The van der Waals surface area contributed by atoms with Crippen LogP contribution in [0.5, 0.6) is 0 Å². The van der Waals surface area contributed by atoms with Gasteiger partial charge in [-0.05, 0) is 41.4 Å². The summed E-state index contributed by atoms with van der Waals surface area (Å²) in [6.07, 6.45) is 1.73. The number of hydrogen-bond donors (Lipinski definition) is 1. The third kappa shape index (κ3) is 1.38.